The largest absolute Gasteiger partial charge is 0.481 e. The van der Waals surface area contributed by atoms with Crippen molar-refractivity contribution in [3.8, 4) is 0 Å². The number of nitrogens with two attached hydrogens (primary N) is 1. The Morgan fingerprint density at radius 1 is 0.931 bits per heavy atom. The number of amides is 3. The summed E-state index contributed by atoms with van der Waals surface area (Å²) in [6.45, 7) is 2.52. The fourth-order valence-corrected chi connectivity index (χ4v) is 2.57. The number of carboxylic acids is 2. The van der Waals surface area contributed by atoms with Gasteiger partial charge in [0.1, 0.15) is 18.1 Å². The molecule has 0 aromatic heterocycles. The lowest BCUT2D eigenvalue weighted by Gasteiger charge is -2.25. The third-order valence-corrected chi connectivity index (χ3v) is 4.36. The third-order valence-electron chi connectivity index (χ3n) is 3.71. The van der Waals surface area contributed by atoms with E-state index >= 15 is 0 Å². The molecule has 5 atom stereocenters. The molecule has 0 saturated heterocycles. The zero-order valence-corrected chi connectivity index (χ0v) is 17.2. The van der Waals surface area contributed by atoms with Crippen molar-refractivity contribution in [3.63, 3.8) is 0 Å². The van der Waals surface area contributed by atoms with E-state index in [2.05, 4.69) is 16.0 Å². The second-order valence-corrected chi connectivity index (χ2v) is 7.34. The fourth-order valence-electron chi connectivity index (χ4n) is 2.10. The smallest absolute Gasteiger partial charge is 0.326 e. The van der Waals surface area contributed by atoms with Gasteiger partial charge in [0.2, 0.25) is 17.7 Å². The number of carbonyl (C=O) groups is 5. The second-order valence-electron chi connectivity index (χ2n) is 6.36. The summed E-state index contributed by atoms with van der Waals surface area (Å²) < 4.78 is 0. The summed E-state index contributed by atoms with van der Waals surface area (Å²) in [7, 11) is 0. The molecule has 0 aliphatic rings. The molecule has 3 amide bonds. The van der Waals surface area contributed by atoms with Crippen molar-refractivity contribution in [3.05, 3.63) is 0 Å². The van der Waals surface area contributed by atoms with Crippen LogP contribution in [0.1, 0.15) is 26.7 Å². The lowest BCUT2D eigenvalue weighted by molar-refractivity contribution is -0.144. The van der Waals surface area contributed by atoms with Gasteiger partial charge in [-0.1, -0.05) is 0 Å². The zero-order valence-electron chi connectivity index (χ0n) is 16.4. The molecular weight excluding hydrogens is 408 g/mol. The molecule has 0 aromatic carbocycles. The summed E-state index contributed by atoms with van der Waals surface area (Å²) in [6, 6.07) is -5.36. The number of carboxylic acid groups (broad SMARTS) is 2. The standard InChI is InChI=1S/C16H28N4O8S/c1-7(17)13(24)19-10(6-11(22)23)14(25)20-12(8(2)21)15(26)18-9(16(27)28)4-5-29-3/h7-10,12,21H,4-6,17H2,1-3H3,(H,18,26)(H,19,24)(H,20,25)(H,22,23)(H,27,28). The van der Waals surface area contributed by atoms with Gasteiger partial charge in [-0.2, -0.15) is 11.8 Å². The van der Waals surface area contributed by atoms with Gasteiger partial charge in [-0.05, 0) is 32.3 Å². The van der Waals surface area contributed by atoms with Crippen molar-refractivity contribution >= 4 is 41.4 Å². The van der Waals surface area contributed by atoms with Crippen LogP contribution < -0.4 is 21.7 Å². The van der Waals surface area contributed by atoms with Crippen molar-refractivity contribution in [2.75, 3.05) is 12.0 Å². The fraction of sp³-hybridized carbons (Fsp3) is 0.688. The number of rotatable bonds is 13. The van der Waals surface area contributed by atoms with Gasteiger partial charge >= 0.3 is 11.9 Å². The number of nitrogens with one attached hydrogen (secondary N) is 3. The molecule has 12 nitrogen and oxygen atoms in total. The van der Waals surface area contributed by atoms with Crippen LogP contribution in [-0.2, 0) is 24.0 Å². The molecule has 0 spiro atoms. The van der Waals surface area contributed by atoms with Gasteiger partial charge in [0.25, 0.3) is 0 Å². The summed E-state index contributed by atoms with van der Waals surface area (Å²) in [5.74, 6) is -5.01. The van der Waals surface area contributed by atoms with Crippen LogP contribution in [0.2, 0.25) is 0 Å². The van der Waals surface area contributed by atoms with Crippen molar-refractivity contribution < 1.29 is 39.3 Å². The highest BCUT2D eigenvalue weighted by Crippen LogP contribution is 2.04. The minimum atomic E-state index is -1.57. The second kappa shape index (κ2) is 13.0. The van der Waals surface area contributed by atoms with E-state index in [1.807, 2.05) is 0 Å². The van der Waals surface area contributed by atoms with E-state index in [9.17, 15) is 34.2 Å². The summed E-state index contributed by atoms with van der Waals surface area (Å²) in [6.07, 6.45) is -0.333. The first kappa shape index (κ1) is 26.6. The van der Waals surface area contributed by atoms with Gasteiger partial charge in [-0.15, -0.1) is 0 Å². The van der Waals surface area contributed by atoms with E-state index in [4.69, 9.17) is 10.8 Å². The number of hydrogen-bond acceptors (Lipinski definition) is 8. The molecule has 29 heavy (non-hydrogen) atoms. The summed E-state index contributed by atoms with van der Waals surface area (Å²) >= 11 is 1.38. The van der Waals surface area contributed by atoms with Gasteiger partial charge in [-0.25, -0.2) is 4.79 Å². The SMILES string of the molecule is CSCCC(NC(=O)C(NC(=O)C(CC(=O)O)NC(=O)C(C)N)C(C)O)C(=O)O. The lowest BCUT2D eigenvalue weighted by Crippen LogP contribution is -2.60. The molecule has 0 fully saturated rings. The lowest BCUT2D eigenvalue weighted by atomic mass is 10.1. The molecule has 166 valence electrons. The highest BCUT2D eigenvalue weighted by atomic mass is 32.2. The van der Waals surface area contributed by atoms with E-state index in [1.54, 1.807) is 6.26 Å². The van der Waals surface area contributed by atoms with Crippen LogP contribution in [0.3, 0.4) is 0 Å². The Morgan fingerprint density at radius 3 is 1.90 bits per heavy atom. The predicted molar refractivity (Wildman–Crippen MR) is 104 cm³/mol. The molecular formula is C16H28N4O8S. The van der Waals surface area contributed by atoms with Crippen LogP contribution in [-0.4, -0.2) is 87.3 Å². The van der Waals surface area contributed by atoms with Crippen LogP contribution in [0.4, 0.5) is 0 Å². The third kappa shape index (κ3) is 10.1. The van der Waals surface area contributed by atoms with E-state index in [0.717, 1.165) is 0 Å². The normalized spacial score (nSPS) is 15.9. The molecule has 0 saturated carbocycles. The maximum absolute atomic E-state index is 12.4. The first-order valence-corrected chi connectivity index (χ1v) is 10.1. The first-order valence-electron chi connectivity index (χ1n) is 8.69. The number of hydrogen-bond donors (Lipinski definition) is 7. The number of thioether (sulfide) groups is 1. The van der Waals surface area contributed by atoms with Crippen molar-refractivity contribution in [1.29, 1.82) is 0 Å². The van der Waals surface area contributed by atoms with E-state index in [-0.39, 0.29) is 6.42 Å². The van der Waals surface area contributed by atoms with Crippen LogP contribution >= 0.6 is 11.8 Å². The molecule has 5 unspecified atom stereocenters. The first-order chi connectivity index (χ1) is 13.4. The number of aliphatic carboxylic acids is 2. The minimum Gasteiger partial charge on any atom is -0.481 e. The van der Waals surface area contributed by atoms with E-state index < -0.39 is 66.4 Å². The Labute approximate surface area is 172 Å². The molecule has 0 bridgehead atoms. The monoisotopic (exact) mass is 436 g/mol. The maximum Gasteiger partial charge on any atom is 0.326 e. The van der Waals surface area contributed by atoms with Gasteiger partial charge in [0.05, 0.1) is 18.6 Å². The number of aliphatic hydroxyl groups excluding tert-OH is 1. The predicted octanol–water partition coefficient (Wildman–Crippen LogP) is -2.52. The molecule has 0 aromatic rings. The van der Waals surface area contributed by atoms with Gasteiger partial charge in [0.15, 0.2) is 0 Å². The summed E-state index contributed by atoms with van der Waals surface area (Å²) in [4.78, 5) is 58.8. The molecule has 0 radical (unpaired) electrons. The van der Waals surface area contributed by atoms with Gasteiger partial charge < -0.3 is 37.0 Å². The zero-order chi connectivity index (χ0) is 22.7. The van der Waals surface area contributed by atoms with Gasteiger partial charge in [-0.3, -0.25) is 19.2 Å². The van der Waals surface area contributed by atoms with Crippen molar-refractivity contribution in [1.82, 2.24) is 16.0 Å². The van der Waals surface area contributed by atoms with Crippen LogP contribution in [0.5, 0.6) is 0 Å². The Balaban J connectivity index is 5.32. The average molecular weight is 436 g/mol. The highest BCUT2D eigenvalue weighted by molar-refractivity contribution is 7.98. The molecule has 0 aliphatic carbocycles. The highest BCUT2D eigenvalue weighted by Gasteiger charge is 2.33. The van der Waals surface area contributed by atoms with Crippen LogP contribution in [0, 0.1) is 0 Å². The number of carbonyl (C=O) groups excluding carboxylic acids is 3. The van der Waals surface area contributed by atoms with Crippen LogP contribution in [0.25, 0.3) is 0 Å². The quantitative estimate of drug-likeness (QED) is 0.161. The molecule has 13 heteroatoms. The molecule has 0 rings (SSSR count). The molecule has 8 N–H and O–H groups in total. The van der Waals surface area contributed by atoms with E-state index in [0.29, 0.717) is 5.75 Å². The Bertz CT molecular complexity index is 614. The summed E-state index contributed by atoms with van der Waals surface area (Å²) in [5.41, 5.74) is 5.38. The van der Waals surface area contributed by atoms with Crippen molar-refractivity contribution in [2.24, 2.45) is 5.73 Å². The Kier molecular flexibility index (Phi) is 11.9. The molecule has 0 heterocycles. The van der Waals surface area contributed by atoms with E-state index in [1.165, 1.54) is 25.6 Å². The number of aliphatic hydroxyl groups is 1. The minimum absolute atomic E-state index is 0.120. The summed E-state index contributed by atoms with van der Waals surface area (Å²) in [5, 5.41) is 34.5. The van der Waals surface area contributed by atoms with Crippen molar-refractivity contribution in [2.45, 2.75) is 57.0 Å². The Hall–Kier alpha value is -2.38. The average Bonchev–Trinajstić information content (AvgIpc) is 2.60. The Morgan fingerprint density at radius 2 is 1.48 bits per heavy atom. The topological polar surface area (TPSA) is 208 Å². The maximum atomic E-state index is 12.4. The van der Waals surface area contributed by atoms with Gasteiger partial charge in [0, 0.05) is 0 Å². The molecule has 0 aliphatic heterocycles. The van der Waals surface area contributed by atoms with Crippen LogP contribution in [0.15, 0.2) is 0 Å².